The van der Waals surface area contributed by atoms with Crippen LogP contribution in [-0.4, -0.2) is 96.4 Å². The van der Waals surface area contributed by atoms with Gasteiger partial charge in [-0.05, 0) is 0 Å². The molecule has 35 heavy (non-hydrogen) atoms. The predicted octanol–water partition coefficient (Wildman–Crippen LogP) is -5.45. The van der Waals surface area contributed by atoms with E-state index in [4.69, 9.17) is 16.4 Å². The van der Waals surface area contributed by atoms with Crippen molar-refractivity contribution in [2.75, 3.05) is 32.0 Å². The molecule has 1 aromatic heterocycles. The molecule has 2 N–H and O–H groups in total. The number of anilines is 1. The fourth-order valence-electron chi connectivity index (χ4n) is 2.42. The molecule has 1 fully saturated rings. The van der Waals surface area contributed by atoms with E-state index in [1.165, 1.54) is 5.38 Å². The van der Waals surface area contributed by atoms with E-state index in [1.807, 2.05) is 5.32 Å². The number of alkyl halides is 1. The van der Waals surface area contributed by atoms with Crippen LogP contribution in [0.1, 0.15) is 5.69 Å². The third kappa shape index (κ3) is 7.56. The van der Waals surface area contributed by atoms with E-state index >= 15 is 0 Å². The molecule has 0 unspecified atom stereocenters. The van der Waals surface area contributed by atoms with E-state index in [1.54, 1.807) is 0 Å². The normalized spacial score (nSPS) is 17.4. The first-order valence-electron chi connectivity index (χ1n) is 8.70. The van der Waals surface area contributed by atoms with Crippen molar-refractivity contribution in [1.82, 2.24) is 14.6 Å². The summed E-state index contributed by atoms with van der Waals surface area (Å²) in [4.78, 5) is 68.2. The van der Waals surface area contributed by atoms with Crippen LogP contribution in [0.3, 0.4) is 0 Å². The number of esters is 2. The Balaban J connectivity index is 0.00000612. The second kappa shape index (κ2) is 13.1. The van der Waals surface area contributed by atoms with Crippen molar-refractivity contribution >= 4 is 73.7 Å². The first kappa shape index (κ1) is 30.7. The fraction of sp³-hybridized carbons (Fsp3) is 0.400. The molecule has 0 aromatic carbocycles. The van der Waals surface area contributed by atoms with Gasteiger partial charge >= 0.3 is 41.5 Å². The van der Waals surface area contributed by atoms with Gasteiger partial charge in [0.15, 0.2) is 27.2 Å². The van der Waals surface area contributed by atoms with Crippen LogP contribution in [0.15, 0.2) is 10.5 Å². The van der Waals surface area contributed by atoms with Crippen LogP contribution in [0, 0.1) is 0 Å². The van der Waals surface area contributed by atoms with Gasteiger partial charge < -0.3 is 29.5 Å². The van der Waals surface area contributed by atoms with E-state index < -0.39 is 64.4 Å². The Bertz CT molecular complexity index is 1140. The van der Waals surface area contributed by atoms with Crippen molar-refractivity contribution in [1.29, 1.82) is 0 Å². The number of β-lactam (4-membered cyclic amide) rings is 1. The zero-order chi connectivity index (χ0) is 25.6. The number of nitrogens with zero attached hydrogens (tertiary/aromatic N) is 3. The summed E-state index contributed by atoms with van der Waals surface area (Å²) < 4.78 is 42.3. The number of carbonyl (C=O) groups excluding carboxylic acids is 5. The number of nitrogens with one attached hydrogen (secondary N) is 2. The number of thiazole rings is 1. The van der Waals surface area contributed by atoms with Crippen molar-refractivity contribution in [3.05, 3.63) is 11.1 Å². The van der Waals surface area contributed by atoms with Crippen molar-refractivity contribution in [2.45, 2.75) is 12.1 Å². The minimum atomic E-state index is -5.38. The number of rotatable bonds is 10. The molecule has 3 amide bonds. The number of carbonyl (C=O) groups is 5. The van der Waals surface area contributed by atoms with Gasteiger partial charge in [-0.25, -0.2) is 27.3 Å². The summed E-state index contributed by atoms with van der Waals surface area (Å²) in [6, 6.07) is -3.77. The average Bonchev–Trinajstić information content (AvgIpc) is 3.24. The predicted molar refractivity (Wildman–Crippen MR) is 110 cm³/mol. The van der Waals surface area contributed by atoms with Gasteiger partial charge in [-0.2, -0.15) is 0 Å². The SMILES string of the molecule is COC(=O)CON=C(C(=O)N[C@@H]1C(=O)N(S(=O)(=O)[O-])[C@@H]1C(=O)OC)c1csc(NC(=O)CCl)n1.[Na+]. The van der Waals surface area contributed by atoms with Gasteiger partial charge in [-0.3, -0.25) is 14.4 Å². The minimum absolute atomic E-state index is 0. The van der Waals surface area contributed by atoms with E-state index in [9.17, 15) is 36.9 Å². The van der Waals surface area contributed by atoms with Gasteiger partial charge in [0.1, 0.15) is 17.6 Å². The zero-order valence-corrected chi connectivity index (χ0v) is 22.6. The molecule has 0 aliphatic carbocycles. The summed E-state index contributed by atoms with van der Waals surface area (Å²) in [5.74, 6) is -5.73. The first-order valence-corrected chi connectivity index (χ1v) is 11.5. The number of hydrogen-bond acceptors (Lipinski definition) is 14. The van der Waals surface area contributed by atoms with Crippen LogP contribution in [0.5, 0.6) is 0 Å². The van der Waals surface area contributed by atoms with Gasteiger partial charge in [0.2, 0.25) is 12.5 Å². The Labute approximate surface area is 228 Å². The molecule has 1 aromatic rings. The standard InChI is InChI=1S/C15H16ClN5O11S2.Na/c1-30-8(23)4-32-20-9(6-5-33-15(17-6)18-7(22)3-16)12(24)19-10-11(14(26)31-2)21(13(10)25)34(27,28)29;/h5,10-11H,3-4H2,1-2H3,(H,19,24)(H,17,18,22)(H,27,28,29);/q;+1/p-1/t10-,11-;/m0./s1. The maximum atomic E-state index is 12.8. The Hall–Kier alpha value is -2.35. The topological polar surface area (TPSA) is 223 Å². The molecule has 1 aliphatic rings. The first-order chi connectivity index (χ1) is 15.9. The summed E-state index contributed by atoms with van der Waals surface area (Å²) >= 11 is 6.25. The summed E-state index contributed by atoms with van der Waals surface area (Å²) in [6.45, 7) is -0.720. The molecule has 0 saturated carbocycles. The minimum Gasteiger partial charge on any atom is -0.731 e. The van der Waals surface area contributed by atoms with Crippen LogP contribution in [0.4, 0.5) is 5.13 Å². The van der Waals surface area contributed by atoms with Gasteiger partial charge in [0, 0.05) is 5.38 Å². The van der Waals surface area contributed by atoms with Crippen molar-refractivity contribution in [3.63, 3.8) is 0 Å². The van der Waals surface area contributed by atoms with Gasteiger partial charge in [-0.15, -0.1) is 22.9 Å². The molecule has 20 heteroatoms. The van der Waals surface area contributed by atoms with E-state index in [-0.39, 0.29) is 50.6 Å². The number of hydrogen-bond donors (Lipinski definition) is 2. The van der Waals surface area contributed by atoms with Crippen LogP contribution >= 0.6 is 22.9 Å². The van der Waals surface area contributed by atoms with Crippen molar-refractivity contribution in [3.8, 4) is 0 Å². The van der Waals surface area contributed by atoms with Crippen LogP contribution in [0.25, 0.3) is 0 Å². The van der Waals surface area contributed by atoms with Crippen LogP contribution in [-0.2, 0) is 48.6 Å². The number of ether oxygens (including phenoxy) is 2. The molecule has 1 saturated heterocycles. The Kier molecular flexibility index (Phi) is 11.5. The summed E-state index contributed by atoms with van der Waals surface area (Å²) in [5, 5.41) is 9.09. The number of oxime groups is 1. The molecular formula is C15H15ClN5NaO11S2. The summed E-state index contributed by atoms with van der Waals surface area (Å²) in [7, 11) is -3.44. The second-order valence-electron chi connectivity index (χ2n) is 6.02. The number of amides is 3. The van der Waals surface area contributed by atoms with Gasteiger partial charge in [-0.1, -0.05) is 5.16 Å². The molecule has 0 radical (unpaired) electrons. The van der Waals surface area contributed by atoms with Crippen molar-refractivity contribution < 1.29 is 80.8 Å². The third-order valence-corrected chi connectivity index (χ3v) is 5.81. The van der Waals surface area contributed by atoms with E-state index in [2.05, 4.69) is 24.9 Å². The molecule has 2 rings (SSSR count). The maximum absolute atomic E-state index is 12.8. The summed E-state index contributed by atoms with van der Waals surface area (Å²) in [5.41, 5.74) is -0.835. The molecular weight excluding hydrogens is 549 g/mol. The third-order valence-electron chi connectivity index (χ3n) is 3.92. The van der Waals surface area contributed by atoms with Crippen molar-refractivity contribution in [2.24, 2.45) is 5.16 Å². The van der Waals surface area contributed by atoms with E-state index in [0.29, 0.717) is 0 Å². The smallest absolute Gasteiger partial charge is 0.731 e. The molecule has 1 aliphatic heterocycles. The van der Waals surface area contributed by atoms with E-state index in [0.717, 1.165) is 25.6 Å². The second-order valence-corrected chi connectivity index (χ2v) is 8.39. The van der Waals surface area contributed by atoms with Crippen LogP contribution < -0.4 is 40.2 Å². The molecule has 2 atom stereocenters. The number of methoxy groups -OCH3 is 2. The Morgan fingerprint density at radius 2 is 1.94 bits per heavy atom. The zero-order valence-electron chi connectivity index (χ0n) is 18.2. The summed E-state index contributed by atoms with van der Waals surface area (Å²) in [6.07, 6.45) is 0. The number of aromatic nitrogens is 1. The van der Waals surface area contributed by atoms with Crippen LogP contribution in [0.2, 0.25) is 0 Å². The van der Waals surface area contributed by atoms with Gasteiger partial charge in [0.05, 0.1) is 14.2 Å². The quantitative estimate of drug-likeness (QED) is 0.0517. The Morgan fingerprint density at radius 3 is 2.49 bits per heavy atom. The molecule has 186 valence electrons. The maximum Gasteiger partial charge on any atom is 1.00 e. The molecule has 16 nitrogen and oxygen atoms in total. The average molecular weight is 564 g/mol. The largest absolute Gasteiger partial charge is 1.00 e. The monoisotopic (exact) mass is 563 g/mol. The molecule has 0 spiro atoms. The molecule has 2 heterocycles. The number of halogens is 1. The van der Waals surface area contributed by atoms with Gasteiger partial charge in [0.25, 0.3) is 11.8 Å². The molecule has 0 bridgehead atoms. The Morgan fingerprint density at radius 1 is 1.29 bits per heavy atom. The fourth-order valence-corrected chi connectivity index (χ4v) is 4.02.